The van der Waals surface area contributed by atoms with Crippen LogP contribution in [0, 0.1) is 11.2 Å². The first-order valence-electron chi connectivity index (χ1n) is 2.23. The molecule has 4 heteroatoms. The molecule has 38 valence electrons. The Hall–Kier alpha value is -1.08. The van der Waals surface area contributed by atoms with Gasteiger partial charge in [-0.3, -0.25) is 0 Å². The normalized spacial score (nSPS) is 23.6. The van der Waals surface area contributed by atoms with E-state index in [9.17, 15) is 0 Å². The number of nitrogens with zero attached hydrogens (tertiary/aromatic N) is 2. The first-order chi connectivity index (χ1) is 3.93. The van der Waals surface area contributed by atoms with Gasteiger partial charge in [0.05, 0.1) is 12.4 Å². The second kappa shape index (κ2) is 2.29. The minimum atomic E-state index is 0.868. The van der Waals surface area contributed by atoms with Gasteiger partial charge in [-0.05, 0) is 0 Å². The van der Waals surface area contributed by atoms with Gasteiger partial charge in [-0.25, -0.2) is 10.3 Å². The van der Waals surface area contributed by atoms with E-state index in [2.05, 4.69) is 4.99 Å². The highest BCUT2D eigenvalue weighted by atomic mass is 15.1. The highest BCUT2D eigenvalue weighted by Gasteiger charge is 1.90. The van der Waals surface area contributed by atoms with E-state index in [-0.39, 0.29) is 0 Å². The molecule has 1 aliphatic heterocycles. The van der Waals surface area contributed by atoms with Crippen molar-refractivity contribution in [3.8, 4) is 5.97 Å². The van der Waals surface area contributed by atoms with Crippen molar-refractivity contribution >= 4 is 13.8 Å². The van der Waals surface area contributed by atoms with Crippen LogP contribution in [0.5, 0.6) is 0 Å². The van der Waals surface area contributed by atoms with Gasteiger partial charge in [0, 0.05) is 0 Å². The Balaban J connectivity index is 2.41. The molecule has 2 radical (unpaired) electrons. The molecule has 0 aliphatic carbocycles. The number of hydrogen-bond donors (Lipinski definition) is 1. The molecule has 1 N–H and O–H groups in total. The second-order valence-electron chi connectivity index (χ2n) is 1.37. The summed E-state index contributed by atoms with van der Waals surface area (Å²) in [6.07, 6.45) is 5.08. The third-order valence-electron chi connectivity index (χ3n) is 0.808. The Morgan fingerprint density at radius 2 is 2.62 bits per heavy atom. The van der Waals surface area contributed by atoms with Crippen LogP contribution in [0.15, 0.2) is 17.4 Å². The fourth-order valence-electron chi connectivity index (χ4n) is 0.461. The summed E-state index contributed by atoms with van der Waals surface area (Å²) < 4.78 is 0. The lowest BCUT2D eigenvalue weighted by molar-refractivity contribution is -0.595. The number of aliphatic imine (C=N–C) groups is 1. The minimum Gasteiger partial charge on any atom is -0.486 e. The third kappa shape index (κ3) is 0.952. The van der Waals surface area contributed by atoms with Gasteiger partial charge in [0.1, 0.15) is 13.8 Å². The molecule has 0 amide bonds. The topological polar surface area (TPSA) is 40.6 Å². The van der Waals surface area contributed by atoms with Crippen molar-refractivity contribution in [2.75, 3.05) is 0 Å². The van der Waals surface area contributed by atoms with Crippen molar-refractivity contribution < 1.29 is 4.81 Å². The average molecular weight is 105 g/mol. The molecule has 0 aromatic rings. The molecule has 1 unspecified atom stereocenters. The van der Waals surface area contributed by atoms with E-state index in [1.54, 1.807) is 18.7 Å². The summed E-state index contributed by atoms with van der Waals surface area (Å²) in [7, 11) is 1.45. The number of nitriles is 1. The van der Waals surface area contributed by atoms with E-state index in [4.69, 9.17) is 5.26 Å². The van der Waals surface area contributed by atoms with Crippen LogP contribution in [0.1, 0.15) is 0 Å². The summed E-state index contributed by atoms with van der Waals surface area (Å²) in [6.45, 7) is 0. The van der Waals surface area contributed by atoms with E-state index in [0.717, 1.165) is 4.81 Å². The van der Waals surface area contributed by atoms with Crippen LogP contribution in [0.4, 0.5) is 0 Å². The maximum Gasteiger partial charge on any atom is 0.144 e. The molecule has 1 aliphatic rings. The summed E-state index contributed by atoms with van der Waals surface area (Å²) in [5.41, 5.74) is 0. The molecule has 0 aromatic heterocycles. The van der Waals surface area contributed by atoms with E-state index in [0.29, 0.717) is 0 Å². The zero-order valence-corrected chi connectivity index (χ0v) is 4.20. The van der Waals surface area contributed by atoms with Gasteiger partial charge in [0.15, 0.2) is 0 Å². The lowest BCUT2D eigenvalue weighted by Gasteiger charge is -2.08. The lowest BCUT2D eigenvalue weighted by Crippen LogP contribution is -3.07. The van der Waals surface area contributed by atoms with Crippen molar-refractivity contribution in [2.24, 2.45) is 4.99 Å². The minimum absolute atomic E-state index is 0.868. The van der Waals surface area contributed by atoms with E-state index in [1.807, 2.05) is 5.97 Å². The Morgan fingerprint density at radius 3 is 3.12 bits per heavy atom. The maximum absolute atomic E-state index is 8.10. The van der Waals surface area contributed by atoms with Crippen molar-refractivity contribution in [1.82, 2.24) is 0 Å². The van der Waals surface area contributed by atoms with Gasteiger partial charge in [-0.15, -0.1) is 5.97 Å². The number of nitrogens with one attached hydrogen (secondary N) is 1. The average Bonchev–Trinajstić information content (AvgIpc) is 2.19. The fourth-order valence-corrected chi connectivity index (χ4v) is 0.461. The highest BCUT2D eigenvalue weighted by molar-refractivity contribution is 6.37. The van der Waals surface area contributed by atoms with Crippen LogP contribution < -0.4 is 4.81 Å². The second-order valence-corrected chi connectivity index (χ2v) is 1.37. The molecule has 1 heterocycles. The SMILES string of the molecule is N#C[B-][NH+]1C=CN=C1. The summed E-state index contributed by atoms with van der Waals surface area (Å²) in [5.74, 6) is 1.91. The molecule has 3 nitrogen and oxygen atoms in total. The molecule has 0 spiro atoms. The van der Waals surface area contributed by atoms with Gasteiger partial charge >= 0.3 is 0 Å². The summed E-state index contributed by atoms with van der Waals surface area (Å²) >= 11 is 0. The summed E-state index contributed by atoms with van der Waals surface area (Å²) in [4.78, 5) is 4.63. The van der Waals surface area contributed by atoms with Crippen molar-refractivity contribution in [3.05, 3.63) is 12.4 Å². The van der Waals surface area contributed by atoms with E-state index < -0.39 is 0 Å². The molecule has 1 atom stereocenters. The number of rotatable bonds is 1. The summed E-state index contributed by atoms with van der Waals surface area (Å²) in [5, 5.41) is 8.10. The van der Waals surface area contributed by atoms with Gasteiger partial charge in [0.25, 0.3) is 0 Å². The number of hydrogen-bond acceptors (Lipinski definition) is 2. The molecule has 0 fully saturated rings. The molecule has 0 aromatic carbocycles. The van der Waals surface area contributed by atoms with Crippen molar-refractivity contribution in [2.45, 2.75) is 0 Å². The Kier molecular flexibility index (Phi) is 1.45. The van der Waals surface area contributed by atoms with Crippen LogP contribution in [-0.2, 0) is 0 Å². The van der Waals surface area contributed by atoms with Gasteiger partial charge in [-0.1, -0.05) is 0 Å². The lowest BCUT2D eigenvalue weighted by atomic mass is 9.97. The molecule has 1 rings (SSSR count). The van der Waals surface area contributed by atoms with Gasteiger partial charge in [0.2, 0.25) is 0 Å². The number of quaternary nitrogens is 1. The standard InChI is InChI=1S/C4H4BN3/c6-3-5-8-2-1-7-4-8/h1-2,4,8H. The molecule has 0 bridgehead atoms. The molecule has 0 saturated heterocycles. The van der Waals surface area contributed by atoms with E-state index in [1.165, 1.54) is 7.41 Å². The van der Waals surface area contributed by atoms with Crippen LogP contribution in [-0.4, -0.2) is 13.8 Å². The smallest absolute Gasteiger partial charge is 0.144 e. The predicted octanol–water partition coefficient (Wildman–Crippen LogP) is -1.52. The third-order valence-corrected chi connectivity index (χ3v) is 0.808. The summed E-state index contributed by atoms with van der Waals surface area (Å²) in [6, 6.07) is 0. The highest BCUT2D eigenvalue weighted by Crippen LogP contribution is 1.67. The van der Waals surface area contributed by atoms with E-state index >= 15 is 0 Å². The maximum atomic E-state index is 8.10. The van der Waals surface area contributed by atoms with Crippen LogP contribution in [0.25, 0.3) is 0 Å². The monoisotopic (exact) mass is 105 g/mol. The van der Waals surface area contributed by atoms with Crippen molar-refractivity contribution in [3.63, 3.8) is 0 Å². The quantitative estimate of drug-likeness (QED) is 0.404. The zero-order valence-electron chi connectivity index (χ0n) is 4.20. The van der Waals surface area contributed by atoms with Crippen LogP contribution in [0.3, 0.4) is 0 Å². The van der Waals surface area contributed by atoms with Gasteiger partial charge < -0.3 is 4.81 Å². The Morgan fingerprint density at radius 1 is 1.75 bits per heavy atom. The Labute approximate surface area is 48.2 Å². The van der Waals surface area contributed by atoms with Crippen molar-refractivity contribution in [1.29, 1.82) is 5.26 Å². The zero-order chi connectivity index (χ0) is 5.82. The molecule has 8 heavy (non-hydrogen) atoms. The predicted molar refractivity (Wildman–Crippen MR) is 30.0 cm³/mol. The molecular weight excluding hydrogens is 101 g/mol. The molecular formula is C4H4BN3. The first-order valence-corrected chi connectivity index (χ1v) is 2.23. The first kappa shape index (κ1) is 5.07. The van der Waals surface area contributed by atoms with Gasteiger partial charge in [-0.2, -0.15) is 0 Å². The van der Waals surface area contributed by atoms with Crippen LogP contribution in [0.2, 0.25) is 0 Å². The van der Waals surface area contributed by atoms with Crippen LogP contribution >= 0.6 is 0 Å². The largest absolute Gasteiger partial charge is 0.486 e. The Bertz CT molecular complexity index is 155. The fraction of sp³-hybridized carbons (Fsp3) is 0. The molecule has 0 saturated carbocycles.